The van der Waals surface area contributed by atoms with Crippen molar-refractivity contribution in [2.45, 2.75) is 0 Å². The van der Waals surface area contributed by atoms with Crippen molar-refractivity contribution < 1.29 is 19.1 Å². The number of benzene rings is 2. The number of halogens is 3. The summed E-state index contributed by atoms with van der Waals surface area (Å²) in [5.74, 6) is 0.0849. The van der Waals surface area contributed by atoms with Crippen molar-refractivity contribution in [3.05, 3.63) is 50.3 Å². The number of carbonyl (C=O) groups is 2. The van der Waals surface area contributed by atoms with E-state index in [9.17, 15) is 9.59 Å². The third-order valence-electron chi connectivity index (χ3n) is 3.95. The molecule has 1 aromatic heterocycles. The average Bonchev–Trinajstić information content (AvgIpc) is 3.02. The lowest BCUT2D eigenvalue weighted by atomic mass is 10.2. The number of ether oxygens (including phenoxy) is 2. The zero-order valence-corrected chi connectivity index (χ0v) is 18.4. The Morgan fingerprint density at radius 3 is 2.52 bits per heavy atom. The van der Waals surface area contributed by atoms with E-state index in [4.69, 9.17) is 44.3 Å². The lowest BCUT2D eigenvalue weighted by Crippen LogP contribution is -2.32. The van der Waals surface area contributed by atoms with Crippen molar-refractivity contribution in [2.24, 2.45) is 0 Å². The summed E-state index contributed by atoms with van der Waals surface area (Å²) in [5.41, 5.74) is 0.424. The molecule has 2 aromatic carbocycles. The zero-order valence-electron chi connectivity index (χ0n) is 15.3. The highest BCUT2D eigenvalue weighted by molar-refractivity contribution is 7.21. The van der Waals surface area contributed by atoms with Gasteiger partial charge in [0.1, 0.15) is 16.4 Å². The molecule has 0 spiro atoms. The molecule has 0 aliphatic rings. The second kappa shape index (κ2) is 9.09. The molecular formula is C19H15Cl3N2O4S. The number of hydrogen-bond acceptors (Lipinski definition) is 5. The van der Waals surface area contributed by atoms with Crippen LogP contribution in [0.5, 0.6) is 11.5 Å². The predicted octanol–water partition coefficient (Wildman–Crippen LogP) is 5.25. The highest BCUT2D eigenvalue weighted by Gasteiger charge is 2.20. The van der Waals surface area contributed by atoms with Gasteiger partial charge in [-0.05, 0) is 24.3 Å². The van der Waals surface area contributed by atoms with Crippen LogP contribution in [0.3, 0.4) is 0 Å². The van der Waals surface area contributed by atoms with Crippen molar-refractivity contribution in [3.8, 4) is 11.5 Å². The van der Waals surface area contributed by atoms with Gasteiger partial charge in [-0.2, -0.15) is 0 Å². The highest BCUT2D eigenvalue weighted by Crippen LogP contribution is 2.41. The molecule has 0 saturated heterocycles. The van der Waals surface area contributed by atoms with Crippen molar-refractivity contribution >= 4 is 73.7 Å². The topological polar surface area (TPSA) is 76.7 Å². The number of carbonyl (C=O) groups excluding carboxylic acids is 2. The van der Waals surface area contributed by atoms with Gasteiger partial charge in [-0.1, -0.05) is 34.8 Å². The summed E-state index contributed by atoms with van der Waals surface area (Å²) in [5, 5.41) is 6.80. The van der Waals surface area contributed by atoms with E-state index in [1.54, 1.807) is 30.3 Å². The Morgan fingerprint density at radius 1 is 1.07 bits per heavy atom. The first-order valence-corrected chi connectivity index (χ1v) is 10.2. The second-order valence-corrected chi connectivity index (χ2v) is 8.08. The second-order valence-electron chi connectivity index (χ2n) is 5.80. The number of methoxy groups -OCH3 is 2. The van der Waals surface area contributed by atoms with Crippen LogP contribution in [-0.4, -0.2) is 32.6 Å². The van der Waals surface area contributed by atoms with Gasteiger partial charge in [0.25, 0.3) is 5.91 Å². The molecule has 0 bridgehead atoms. The Morgan fingerprint density at radius 2 is 1.83 bits per heavy atom. The minimum absolute atomic E-state index is 0.221. The van der Waals surface area contributed by atoms with Crippen molar-refractivity contribution in [2.75, 3.05) is 26.1 Å². The number of amides is 2. The lowest BCUT2D eigenvalue weighted by molar-refractivity contribution is -0.115. The monoisotopic (exact) mass is 472 g/mol. The minimum Gasteiger partial charge on any atom is -0.497 e. The first-order chi connectivity index (χ1) is 13.8. The molecule has 0 saturated carbocycles. The van der Waals surface area contributed by atoms with E-state index >= 15 is 0 Å². The molecule has 2 N–H and O–H groups in total. The van der Waals surface area contributed by atoms with Gasteiger partial charge >= 0.3 is 0 Å². The van der Waals surface area contributed by atoms with Crippen LogP contribution in [0.25, 0.3) is 10.1 Å². The molecule has 0 fully saturated rings. The molecule has 0 atom stereocenters. The molecular weight excluding hydrogens is 459 g/mol. The van der Waals surface area contributed by atoms with Crippen LogP contribution in [0.4, 0.5) is 5.69 Å². The van der Waals surface area contributed by atoms with E-state index in [2.05, 4.69) is 10.6 Å². The Hall–Kier alpha value is -2.19. The number of hydrogen-bond donors (Lipinski definition) is 2. The van der Waals surface area contributed by atoms with Crippen molar-refractivity contribution in [3.63, 3.8) is 0 Å². The fraction of sp³-hybridized carbons (Fsp3) is 0.158. The van der Waals surface area contributed by atoms with Gasteiger partial charge in [0.15, 0.2) is 0 Å². The summed E-state index contributed by atoms with van der Waals surface area (Å²) in [6, 6.07) is 8.22. The van der Waals surface area contributed by atoms with Gasteiger partial charge in [0.05, 0.1) is 36.5 Å². The smallest absolute Gasteiger partial charge is 0.263 e. The lowest BCUT2D eigenvalue weighted by Gasteiger charge is -2.12. The molecule has 10 heteroatoms. The fourth-order valence-electron chi connectivity index (χ4n) is 2.60. The Bertz CT molecular complexity index is 1100. The number of thiophene rings is 1. The van der Waals surface area contributed by atoms with E-state index in [0.29, 0.717) is 37.3 Å². The van der Waals surface area contributed by atoms with E-state index < -0.39 is 11.8 Å². The van der Waals surface area contributed by atoms with Crippen LogP contribution in [0, 0.1) is 0 Å². The van der Waals surface area contributed by atoms with Crippen molar-refractivity contribution in [1.29, 1.82) is 0 Å². The van der Waals surface area contributed by atoms with Gasteiger partial charge in [-0.25, -0.2) is 0 Å². The third kappa shape index (κ3) is 4.70. The first kappa shape index (κ1) is 21.5. The number of rotatable bonds is 6. The van der Waals surface area contributed by atoms with Gasteiger partial charge in [-0.15, -0.1) is 11.3 Å². The molecule has 3 rings (SSSR count). The quantitative estimate of drug-likeness (QED) is 0.513. The van der Waals surface area contributed by atoms with Crippen LogP contribution < -0.4 is 20.1 Å². The van der Waals surface area contributed by atoms with Gasteiger partial charge in [0, 0.05) is 21.2 Å². The predicted molar refractivity (Wildman–Crippen MR) is 117 cm³/mol. The summed E-state index contributed by atoms with van der Waals surface area (Å²) in [6.07, 6.45) is 0. The summed E-state index contributed by atoms with van der Waals surface area (Å²) >= 11 is 19.6. The molecule has 0 aliphatic heterocycles. The Labute approximate surface area is 185 Å². The molecule has 2 amide bonds. The maximum atomic E-state index is 12.5. The van der Waals surface area contributed by atoms with Crippen LogP contribution in [0.2, 0.25) is 15.1 Å². The van der Waals surface area contributed by atoms with Gasteiger partial charge in [-0.3, -0.25) is 9.59 Å². The molecule has 29 heavy (non-hydrogen) atoms. The molecule has 6 nitrogen and oxygen atoms in total. The third-order valence-corrected chi connectivity index (χ3v) is 6.09. The van der Waals surface area contributed by atoms with Crippen LogP contribution in [0.1, 0.15) is 9.67 Å². The molecule has 0 radical (unpaired) electrons. The molecule has 1 heterocycles. The molecule has 152 valence electrons. The number of anilines is 1. The standard InChI is InChI=1S/C19H15Cl3N2O4S/c1-27-10-3-4-13(28-2)12(7-10)24-15(25)8-23-19(26)18-17(22)16-11(21)5-9(20)6-14(16)29-18/h3-7H,8H2,1-2H3,(H,23,26)(H,24,25). The normalized spacial score (nSPS) is 10.7. The molecule has 0 aliphatic carbocycles. The molecule has 0 unspecified atom stereocenters. The maximum absolute atomic E-state index is 12.5. The van der Waals surface area contributed by atoms with Gasteiger partial charge in [0.2, 0.25) is 5.91 Å². The van der Waals surface area contributed by atoms with Crippen LogP contribution in [0.15, 0.2) is 30.3 Å². The van der Waals surface area contributed by atoms with E-state index in [1.807, 2.05) is 0 Å². The number of nitrogens with one attached hydrogen (secondary N) is 2. The Kier molecular flexibility index (Phi) is 6.74. The van der Waals surface area contributed by atoms with E-state index in [-0.39, 0.29) is 16.4 Å². The molecule has 3 aromatic rings. The fourth-order valence-corrected chi connectivity index (χ4v) is 4.90. The SMILES string of the molecule is COc1ccc(OC)c(NC(=O)CNC(=O)c2sc3cc(Cl)cc(Cl)c3c2Cl)c1. The Balaban J connectivity index is 1.71. The minimum atomic E-state index is -0.490. The summed E-state index contributed by atoms with van der Waals surface area (Å²) < 4.78 is 11.0. The van der Waals surface area contributed by atoms with Crippen LogP contribution in [-0.2, 0) is 4.79 Å². The van der Waals surface area contributed by atoms with Crippen LogP contribution >= 0.6 is 46.1 Å². The summed E-state index contributed by atoms with van der Waals surface area (Å²) in [7, 11) is 3.00. The largest absolute Gasteiger partial charge is 0.497 e. The van der Waals surface area contributed by atoms with Crippen molar-refractivity contribution in [1.82, 2.24) is 5.32 Å². The first-order valence-electron chi connectivity index (χ1n) is 8.21. The summed E-state index contributed by atoms with van der Waals surface area (Å²) in [6.45, 7) is -0.266. The van der Waals surface area contributed by atoms with E-state index in [1.165, 1.54) is 14.2 Å². The highest BCUT2D eigenvalue weighted by atomic mass is 35.5. The number of fused-ring (bicyclic) bond motifs is 1. The maximum Gasteiger partial charge on any atom is 0.263 e. The average molecular weight is 474 g/mol. The van der Waals surface area contributed by atoms with E-state index in [0.717, 1.165) is 11.3 Å². The zero-order chi connectivity index (χ0) is 21.1. The van der Waals surface area contributed by atoms with Gasteiger partial charge < -0.3 is 20.1 Å². The summed E-state index contributed by atoms with van der Waals surface area (Å²) in [4.78, 5) is 25.1.